The molecular formula is C8H5BrFNO4. The molecule has 0 aromatic heterocycles. The Morgan fingerprint density at radius 3 is 2.67 bits per heavy atom. The highest BCUT2D eigenvalue weighted by molar-refractivity contribution is 9.10. The molecule has 0 fully saturated rings. The van der Waals surface area contributed by atoms with Crippen LogP contribution in [0.25, 0.3) is 0 Å². The fraction of sp³-hybridized carbons (Fsp3) is 0.125. The Morgan fingerprint density at radius 1 is 1.60 bits per heavy atom. The van der Waals surface area contributed by atoms with Crippen LogP contribution in [0.5, 0.6) is 0 Å². The first kappa shape index (κ1) is 11.6. The largest absolute Gasteiger partial charge is 0.481 e. The van der Waals surface area contributed by atoms with Gasteiger partial charge in [0.1, 0.15) is 0 Å². The molecule has 0 aliphatic carbocycles. The van der Waals surface area contributed by atoms with Crippen LogP contribution in [-0.4, -0.2) is 16.0 Å². The van der Waals surface area contributed by atoms with Gasteiger partial charge in [-0.05, 0) is 22.0 Å². The molecule has 1 aromatic carbocycles. The van der Waals surface area contributed by atoms with Gasteiger partial charge in [0, 0.05) is 5.56 Å². The standard InChI is InChI=1S/C8H5BrFNO4/c9-5-2-1-4(3-6(12)13)7(10)8(5)11(14)15/h1-2H,3H2,(H,12,13). The minimum Gasteiger partial charge on any atom is -0.481 e. The van der Waals surface area contributed by atoms with Crippen molar-refractivity contribution in [3.63, 3.8) is 0 Å². The zero-order valence-electron chi connectivity index (χ0n) is 7.24. The van der Waals surface area contributed by atoms with E-state index in [2.05, 4.69) is 15.9 Å². The summed E-state index contributed by atoms with van der Waals surface area (Å²) < 4.78 is 13.4. The summed E-state index contributed by atoms with van der Waals surface area (Å²) in [5.74, 6) is -2.36. The van der Waals surface area contributed by atoms with E-state index in [9.17, 15) is 19.3 Å². The van der Waals surface area contributed by atoms with E-state index in [4.69, 9.17) is 5.11 Å². The van der Waals surface area contributed by atoms with Crippen molar-refractivity contribution in [1.82, 2.24) is 0 Å². The SMILES string of the molecule is O=C(O)Cc1ccc(Br)c([N+](=O)[O-])c1F. The molecule has 0 bridgehead atoms. The second-order valence-electron chi connectivity index (χ2n) is 2.70. The lowest BCUT2D eigenvalue weighted by Gasteiger charge is -2.02. The summed E-state index contributed by atoms with van der Waals surface area (Å²) in [5.41, 5.74) is -0.953. The summed E-state index contributed by atoms with van der Waals surface area (Å²) in [6.07, 6.45) is -0.583. The van der Waals surface area contributed by atoms with E-state index in [0.717, 1.165) is 0 Å². The van der Waals surface area contributed by atoms with Crippen LogP contribution in [0.3, 0.4) is 0 Å². The Hall–Kier alpha value is -1.50. The minimum absolute atomic E-state index is 0.0147. The molecular weight excluding hydrogens is 273 g/mol. The molecule has 0 radical (unpaired) electrons. The van der Waals surface area contributed by atoms with Crippen molar-refractivity contribution in [1.29, 1.82) is 0 Å². The number of hydrogen-bond acceptors (Lipinski definition) is 3. The summed E-state index contributed by atoms with van der Waals surface area (Å²) in [6.45, 7) is 0. The van der Waals surface area contributed by atoms with Gasteiger partial charge >= 0.3 is 11.7 Å². The lowest BCUT2D eigenvalue weighted by molar-refractivity contribution is -0.388. The highest BCUT2D eigenvalue weighted by Crippen LogP contribution is 2.30. The van der Waals surface area contributed by atoms with Crippen molar-refractivity contribution < 1.29 is 19.2 Å². The van der Waals surface area contributed by atoms with Gasteiger partial charge in [0.15, 0.2) is 0 Å². The normalized spacial score (nSPS) is 10.0. The number of rotatable bonds is 3. The maximum atomic E-state index is 13.4. The van der Waals surface area contributed by atoms with Gasteiger partial charge in [-0.1, -0.05) is 6.07 Å². The van der Waals surface area contributed by atoms with Crippen LogP contribution in [-0.2, 0) is 11.2 Å². The zero-order chi connectivity index (χ0) is 11.6. The number of carboxylic acids is 1. The summed E-state index contributed by atoms with van der Waals surface area (Å²) in [6, 6.07) is 2.44. The van der Waals surface area contributed by atoms with E-state index in [1.54, 1.807) is 0 Å². The Labute approximate surface area is 91.8 Å². The lowest BCUT2D eigenvalue weighted by atomic mass is 10.1. The van der Waals surface area contributed by atoms with Crippen LogP contribution in [0.4, 0.5) is 10.1 Å². The summed E-state index contributed by atoms with van der Waals surface area (Å²) in [5, 5.41) is 18.9. The number of nitro groups is 1. The van der Waals surface area contributed by atoms with Gasteiger partial charge in [-0.15, -0.1) is 0 Å². The average molecular weight is 278 g/mol. The van der Waals surface area contributed by atoms with Crippen molar-refractivity contribution in [2.75, 3.05) is 0 Å². The van der Waals surface area contributed by atoms with Crippen LogP contribution in [0, 0.1) is 15.9 Å². The second-order valence-corrected chi connectivity index (χ2v) is 3.55. The zero-order valence-corrected chi connectivity index (χ0v) is 8.82. The van der Waals surface area contributed by atoms with E-state index >= 15 is 0 Å². The van der Waals surface area contributed by atoms with Crippen molar-refractivity contribution in [3.05, 3.63) is 38.1 Å². The molecule has 0 amide bonds. The smallest absolute Gasteiger partial charge is 0.319 e. The fourth-order valence-electron chi connectivity index (χ4n) is 1.05. The Balaban J connectivity index is 3.28. The van der Waals surface area contributed by atoms with Crippen LogP contribution in [0.1, 0.15) is 5.56 Å². The van der Waals surface area contributed by atoms with Gasteiger partial charge in [0.05, 0.1) is 15.8 Å². The van der Waals surface area contributed by atoms with E-state index < -0.39 is 28.8 Å². The average Bonchev–Trinajstić information content (AvgIpc) is 2.09. The van der Waals surface area contributed by atoms with E-state index in [-0.39, 0.29) is 10.0 Å². The van der Waals surface area contributed by atoms with Crippen LogP contribution in [0.15, 0.2) is 16.6 Å². The number of halogens is 2. The molecule has 0 saturated carbocycles. The first-order valence-corrected chi connectivity index (χ1v) is 4.56. The molecule has 0 aliphatic rings. The predicted molar refractivity (Wildman–Crippen MR) is 52.1 cm³/mol. The van der Waals surface area contributed by atoms with Gasteiger partial charge in [0.25, 0.3) is 0 Å². The van der Waals surface area contributed by atoms with Gasteiger partial charge in [-0.3, -0.25) is 14.9 Å². The van der Waals surface area contributed by atoms with Gasteiger partial charge in [-0.2, -0.15) is 4.39 Å². The van der Waals surface area contributed by atoms with E-state index in [1.807, 2.05) is 0 Å². The number of hydrogen-bond donors (Lipinski definition) is 1. The quantitative estimate of drug-likeness (QED) is 0.678. The highest BCUT2D eigenvalue weighted by atomic mass is 79.9. The van der Waals surface area contributed by atoms with E-state index in [1.165, 1.54) is 12.1 Å². The minimum atomic E-state index is -1.24. The number of benzene rings is 1. The number of carboxylic acid groups (broad SMARTS) is 1. The molecule has 0 atom stereocenters. The molecule has 0 saturated heterocycles. The monoisotopic (exact) mass is 277 g/mol. The molecule has 0 spiro atoms. The van der Waals surface area contributed by atoms with Crippen LogP contribution < -0.4 is 0 Å². The third kappa shape index (κ3) is 2.50. The number of carbonyl (C=O) groups is 1. The Morgan fingerprint density at radius 2 is 2.20 bits per heavy atom. The molecule has 1 aromatic rings. The first-order chi connectivity index (χ1) is 6.93. The molecule has 7 heteroatoms. The molecule has 0 unspecified atom stereocenters. The Bertz CT molecular complexity index is 435. The summed E-state index contributed by atoms with van der Waals surface area (Å²) in [7, 11) is 0. The van der Waals surface area contributed by atoms with Crippen molar-refractivity contribution in [3.8, 4) is 0 Å². The topological polar surface area (TPSA) is 80.4 Å². The van der Waals surface area contributed by atoms with Gasteiger partial charge in [-0.25, -0.2) is 0 Å². The predicted octanol–water partition coefficient (Wildman–Crippen LogP) is 2.12. The third-order valence-corrected chi connectivity index (χ3v) is 2.31. The molecule has 1 rings (SSSR count). The molecule has 0 heterocycles. The highest BCUT2D eigenvalue weighted by Gasteiger charge is 2.22. The van der Waals surface area contributed by atoms with Crippen LogP contribution >= 0.6 is 15.9 Å². The summed E-state index contributed by atoms with van der Waals surface area (Å²) in [4.78, 5) is 19.9. The van der Waals surface area contributed by atoms with Crippen LogP contribution in [0.2, 0.25) is 0 Å². The summed E-state index contributed by atoms with van der Waals surface area (Å²) >= 11 is 2.82. The molecule has 5 nitrogen and oxygen atoms in total. The van der Waals surface area contributed by atoms with Gasteiger partial charge in [0.2, 0.25) is 5.82 Å². The molecule has 15 heavy (non-hydrogen) atoms. The maximum Gasteiger partial charge on any atom is 0.319 e. The molecule has 1 N–H and O–H groups in total. The number of nitrogens with zero attached hydrogens (tertiary/aromatic N) is 1. The van der Waals surface area contributed by atoms with Crippen molar-refractivity contribution in [2.24, 2.45) is 0 Å². The van der Waals surface area contributed by atoms with Gasteiger partial charge < -0.3 is 5.11 Å². The maximum absolute atomic E-state index is 13.4. The first-order valence-electron chi connectivity index (χ1n) is 3.76. The third-order valence-electron chi connectivity index (χ3n) is 1.67. The fourth-order valence-corrected chi connectivity index (χ4v) is 1.50. The number of aliphatic carboxylic acids is 1. The number of nitro benzene ring substituents is 1. The van der Waals surface area contributed by atoms with Crippen molar-refractivity contribution in [2.45, 2.75) is 6.42 Å². The Kier molecular flexibility index (Phi) is 3.35. The van der Waals surface area contributed by atoms with Crippen molar-refractivity contribution >= 4 is 27.6 Å². The lowest BCUT2D eigenvalue weighted by Crippen LogP contribution is -2.05. The van der Waals surface area contributed by atoms with E-state index in [0.29, 0.717) is 0 Å². The second kappa shape index (κ2) is 4.35. The molecule has 80 valence electrons. The molecule has 0 aliphatic heterocycles.